The number of benzene rings is 2. The Morgan fingerprint density at radius 3 is 1.71 bits per heavy atom. The van der Waals surface area contributed by atoms with Crippen molar-refractivity contribution in [1.29, 1.82) is 0 Å². The largest absolute Gasteiger partial charge is 0.497 e. The number of hydrogen-bond acceptors (Lipinski definition) is 4. The second kappa shape index (κ2) is 8.14. The molecule has 2 aromatic carbocycles. The van der Waals surface area contributed by atoms with E-state index in [0.717, 1.165) is 11.3 Å². The molecule has 7 heteroatoms. The molecule has 0 unspecified atom stereocenters. The van der Waals surface area contributed by atoms with Crippen LogP contribution in [-0.2, 0) is 0 Å². The summed E-state index contributed by atoms with van der Waals surface area (Å²) in [6.45, 7) is -1.31. The van der Waals surface area contributed by atoms with E-state index in [9.17, 15) is 13.2 Å². The molecule has 0 saturated carbocycles. The molecule has 0 aromatic heterocycles. The van der Waals surface area contributed by atoms with Gasteiger partial charge < -0.3 is 9.47 Å². The average molecular weight is 336 g/mol. The van der Waals surface area contributed by atoms with Crippen molar-refractivity contribution >= 4 is 12.4 Å². The van der Waals surface area contributed by atoms with E-state index in [1.54, 1.807) is 25.5 Å². The Balaban J connectivity index is 1.88. The van der Waals surface area contributed by atoms with E-state index < -0.39 is 12.8 Å². The maximum atomic E-state index is 12.0. The van der Waals surface area contributed by atoms with Gasteiger partial charge in [-0.1, -0.05) is 0 Å². The van der Waals surface area contributed by atoms with E-state index in [1.165, 1.54) is 18.3 Å². The summed E-state index contributed by atoms with van der Waals surface area (Å²) in [6.07, 6.45) is -1.28. The lowest BCUT2D eigenvalue weighted by molar-refractivity contribution is -0.153. The summed E-state index contributed by atoms with van der Waals surface area (Å²) in [5.41, 5.74) is 1.56. The van der Waals surface area contributed by atoms with Gasteiger partial charge in [-0.25, -0.2) is 0 Å². The average Bonchev–Trinajstić information content (AvgIpc) is 2.58. The molecule has 0 fully saturated rings. The lowest BCUT2D eigenvalue weighted by atomic mass is 10.2. The van der Waals surface area contributed by atoms with Crippen LogP contribution in [0.4, 0.5) is 13.2 Å². The highest BCUT2D eigenvalue weighted by Crippen LogP contribution is 2.18. The van der Waals surface area contributed by atoms with Crippen LogP contribution in [-0.4, -0.2) is 32.3 Å². The van der Waals surface area contributed by atoms with Crippen molar-refractivity contribution in [3.63, 3.8) is 0 Å². The molecular weight excluding hydrogens is 321 g/mol. The highest BCUT2D eigenvalue weighted by Gasteiger charge is 2.28. The van der Waals surface area contributed by atoms with Crippen LogP contribution >= 0.6 is 0 Å². The normalized spacial score (nSPS) is 12.0. The van der Waals surface area contributed by atoms with Crippen molar-refractivity contribution in [1.82, 2.24) is 0 Å². The van der Waals surface area contributed by atoms with Gasteiger partial charge in [0.2, 0.25) is 0 Å². The van der Waals surface area contributed by atoms with Crippen molar-refractivity contribution in [2.75, 3.05) is 13.7 Å². The first-order chi connectivity index (χ1) is 11.5. The second-order valence-corrected chi connectivity index (χ2v) is 4.74. The number of nitrogens with zero attached hydrogens (tertiary/aromatic N) is 2. The summed E-state index contributed by atoms with van der Waals surface area (Å²) < 4.78 is 45.8. The van der Waals surface area contributed by atoms with Gasteiger partial charge in [0, 0.05) is 0 Å². The first kappa shape index (κ1) is 17.5. The number of hydrogen-bond donors (Lipinski definition) is 0. The molecule has 0 amide bonds. The smallest absolute Gasteiger partial charge is 0.422 e. The fourth-order valence-electron chi connectivity index (χ4n) is 1.71. The molecule has 24 heavy (non-hydrogen) atoms. The number of methoxy groups -OCH3 is 1. The molecule has 0 radical (unpaired) electrons. The molecule has 0 aliphatic carbocycles. The van der Waals surface area contributed by atoms with Crippen molar-refractivity contribution in [3.8, 4) is 11.5 Å². The maximum absolute atomic E-state index is 12.0. The third-order valence-corrected chi connectivity index (χ3v) is 2.88. The minimum Gasteiger partial charge on any atom is -0.497 e. The summed E-state index contributed by atoms with van der Waals surface area (Å²) >= 11 is 0. The molecule has 0 spiro atoms. The lowest BCUT2D eigenvalue weighted by Crippen LogP contribution is -2.19. The van der Waals surface area contributed by atoms with Crippen LogP contribution in [0.1, 0.15) is 11.1 Å². The molecule has 0 N–H and O–H groups in total. The Hall–Kier alpha value is -2.83. The number of halogens is 3. The van der Waals surface area contributed by atoms with Gasteiger partial charge in [-0.3, -0.25) is 0 Å². The van der Waals surface area contributed by atoms with Crippen LogP contribution in [0, 0.1) is 0 Å². The van der Waals surface area contributed by atoms with Crippen molar-refractivity contribution in [2.45, 2.75) is 6.18 Å². The number of ether oxygens (including phenoxy) is 2. The second-order valence-electron chi connectivity index (χ2n) is 4.74. The van der Waals surface area contributed by atoms with Gasteiger partial charge in [-0.15, -0.1) is 0 Å². The van der Waals surface area contributed by atoms with Gasteiger partial charge >= 0.3 is 6.18 Å². The molecule has 2 aromatic rings. The van der Waals surface area contributed by atoms with Crippen LogP contribution < -0.4 is 9.47 Å². The zero-order chi connectivity index (χ0) is 17.4. The molecule has 4 nitrogen and oxygen atoms in total. The molecule has 2 rings (SSSR count). The zero-order valence-corrected chi connectivity index (χ0v) is 12.8. The molecule has 0 aliphatic heterocycles. The molecular formula is C17H15F3N2O2. The van der Waals surface area contributed by atoms with E-state index in [2.05, 4.69) is 14.9 Å². The summed E-state index contributed by atoms with van der Waals surface area (Å²) in [7, 11) is 1.59. The summed E-state index contributed by atoms with van der Waals surface area (Å²) in [4.78, 5) is 0. The monoisotopic (exact) mass is 336 g/mol. The molecule has 0 atom stereocenters. The fourth-order valence-corrected chi connectivity index (χ4v) is 1.71. The minimum absolute atomic E-state index is 0.145. The number of alkyl halides is 3. The molecule has 0 aliphatic rings. The predicted molar refractivity (Wildman–Crippen MR) is 86.2 cm³/mol. The third kappa shape index (κ3) is 6.12. The van der Waals surface area contributed by atoms with Crippen LogP contribution in [0.3, 0.4) is 0 Å². The van der Waals surface area contributed by atoms with Crippen molar-refractivity contribution in [3.05, 3.63) is 59.7 Å². The van der Waals surface area contributed by atoms with Gasteiger partial charge in [0.25, 0.3) is 0 Å². The predicted octanol–water partition coefficient (Wildman–Crippen LogP) is 4.09. The maximum Gasteiger partial charge on any atom is 0.422 e. The van der Waals surface area contributed by atoms with Crippen molar-refractivity contribution < 1.29 is 22.6 Å². The van der Waals surface area contributed by atoms with Gasteiger partial charge in [0.05, 0.1) is 19.5 Å². The highest BCUT2D eigenvalue weighted by molar-refractivity contribution is 5.82. The van der Waals surface area contributed by atoms with E-state index >= 15 is 0 Å². The van der Waals surface area contributed by atoms with Crippen LogP contribution in [0.5, 0.6) is 11.5 Å². The van der Waals surface area contributed by atoms with Gasteiger partial charge in [0.15, 0.2) is 6.61 Å². The van der Waals surface area contributed by atoms with Crippen LogP contribution in [0.2, 0.25) is 0 Å². The zero-order valence-electron chi connectivity index (χ0n) is 12.8. The Bertz CT molecular complexity index is 693. The summed E-state index contributed by atoms with van der Waals surface area (Å²) in [6, 6.07) is 13.4. The lowest BCUT2D eigenvalue weighted by Gasteiger charge is -2.08. The molecule has 0 saturated heterocycles. The van der Waals surface area contributed by atoms with Gasteiger partial charge in [-0.2, -0.15) is 23.4 Å². The van der Waals surface area contributed by atoms with Crippen LogP contribution in [0.25, 0.3) is 0 Å². The first-order valence-corrected chi connectivity index (χ1v) is 6.96. The van der Waals surface area contributed by atoms with Crippen molar-refractivity contribution in [2.24, 2.45) is 10.2 Å². The van der Waals surface area contributed by atoms with Crippen LogP contribution in [0.15, 0.2) is 58.7 Å². The number of rotatable bonds is 6. The Morgan fingerprint density at radius 1 is 0.833 bits per heavy atom. The Morgan fingerprint density at radius 2 is 1.29 bits per heavy atom. The van der Waals surface area contributed by atoms with E-state index in [1.807, 2.05) is 24.3 Å². The van der Waals surface area contributed by atoms with Gasteiger partial charge in [0.1, 0.15) is 11.5 Å². The van der Waals surface area contributed by atoms with Gasteiger partial charge in [-0.05, 0) is 59.7 Å². The minimum atomic E-state index is -4.35. The van der Waals surface area contributed by atoms with E-state index in [0.29, 0.717) is 5.56 Å². The third-order valence-electron chi connectivity index (χ3n) is 2.88. The topological polar surface area (TPSA) is 43.2 Å². The SMILES string of the molecule is COc1ccc(/C=N/N=C/c2ccc(OCC(F)(F)F)cc2)cc1. The summed E-state index contributed by atoms with van der Waals surface area (Å²) in [5.74, 6) is 0.898. The molecule has 0 bridgehead atoms. The quantitative estimate of drug-likeness (QED) is 0.589. The Kier molecular flexibility index (Phi) is 5.95. The molecule has 0 heterocycles. The highest BCUT2D eigenvalue weighted by atomic mass is 19.4. The fraction of sp³-hybridized carbons (Fsp3) is 0.176. The van der Waals surface area contributed by atoms with E-state index in [4.69, 9.17) is 4.74 Å². The summed E-state index contributed by atoms with van der Waals surface area (Å²) in [5, 5.41) is 7.79. The Labute approximate surface area is 137 Å². The first-order valence-electron chi connectivity index (χ1n) is 6.96. The molecule has 126 valence electrons. The van der Waals surface area contributed by atoms with E-state index in [-0.39, 0.29) is 5.75 Å². The standard InChI is InChI=1S/C17H15F3N2O2/c1-23-15-6-2-13(3-7-15)10-21-22-11-14-4-8-16(9-5-14)24-12-17(18,19)20/h2-11H,12H2,1H3/b21-10+,22-11+.